The van der Waals surface area contributed by atoms with Gasteiger partial charge >= 0.3 is 0 Å². The van der Waals surface area contributed by atoms with Gasteiger partial charge in [-0.25, -0.2) is 0 Å². The van der Waals surface area contributed by atoms with Crippen molar-refractivity contribution in [2.45, 2.75) is 69.0 Å². The van der Waals surface area contributed by atoms with Crippen molar-refractivity contribution in [1.29, 1.82) is 0 Å². The molecule has 10 heteroatoms. The van der Waals surface area contributed by atoms with Crippen molar-refractivity contribution >= 4 is 39.9 Å². The molecule has 8 nitrogen and oxygen atoms in total. The molecule has 3 heterocycles. The highest BCUT2D eigenvalue weighted by atomic mass is 32.2. The van der Waals surface area contributed by atoms with Crippen LogP contribution in [0, 0.1) is 0 Å². The molecule has 0 saturated heterocycles. The Kier molecular flexibility index (Phi) is 6.55. The third-order valence-corrected chi connectivity index (χ3v) is 8.50. The highest BCUT2D eigenvalue weighted by Crippen LogP contribution is 2.39. The van der Waals surface area contributed by atoms with Crippen molar-refractivity contribution in [1.82, 2.24) is 14.8 Å². The second kappa shape index (κ2) is 9.72. The summed E-state index contributed by atoms with van der Waals surface area (Å²) in [5.74, 6) is 0.900. The van der Waals surface area contributed by atoms with Crippen LogP contribution in [-0.2, 0) is 17.6 Å². The predicted molar refractivity (Wildman–Crippen MR) is 129 cm³/mol. The molecule has 0 unspecified atom stereocenters. The molecular weight excluding hydrogens is 458 g/mol. The van der Waals surface area contributed by atoms with E-state index in [9.17, 15) is 9.59 Å². The number of nitrogens with two attached hydrogens (primary N) is 1. The Morgan fingerprint density at radius 2 is 2.00 bits per heavy atom. The standard InChI is InChI=1S/C23H27N5O3S2/c24-20(30)19-15-9-4-5-11-17(15)33-22(19)25-18(29)13-32-23-27-26-21(16-10-6-12-31-16)28(23)14-7-2-1-3-8-14/h6,10,12,14H,1-5,7-9,11,13H2,(H2,24,30)(H,25,29). The van der Waals surface area contributed by atoms with Gasteiger partial charge in [0.2, 0.25) is 11.7 Å². The van der Waals surface area contributed by atoms with Crippen LogP contribution in [0.1, 0.15) is 71.8 Å². The van der Waals surface area contributed by atoms with E-state index in [-0.39, 0.29) is 11.7 Å². The number of nitrogens with one attached hydrogen (secondary N) is 1. The van der Waals surface area contributed by atoms with Gasteiger partial charge < -0.3 is 15.5 Å². The summed E-state index contributed by atoms with van der Waals surface area (Å²) >= 11 is 2.84. The summed E-state index contributed by atoms with van der Waals surface area (Å²) < 4.78 is 7.72. The summed E-state index contributed by atoms with van der Waals surface area (Å²) in [5.41, 5.74) is 7.16. The Hall–Kier alpha value is -2.59. The first-order valence-corrected chi connectivity index (χ1v) is 13.3. The van der Waals surface area contributed by atoms with E-state index in [1.165, 1.54) is 42.4 Å². The quantitative estimate of drug-likeness (QED) is 0.464. The van der Waals surface area contributed by atoms with Gasteiger partial charge in [-0.15, -0.1) is 21.5 Å². The first-order valence-electron chi connectivity index (χ1n) is 11.5. The Morgan fingerprint density at radius 1 is 1.18 bits per heavy atom. The van der Waals surface area contributed by atoms with E-state index in [2.05, 4.69) is 20.1 Å². The molecule has 3 N–H and O–H groups in total. The molecule has 0 aliphatic heterocycles. The van der Waals surface area contributed by atoms with Gasteiger partial charge in [0.1, 0.15) is 5.00 Å². The van der Waals surface area contributed by atoms with Gasteiger partial charge in [0.05, 0.1) is 17.6 Å². The minimum absolute atomic E-state index is 0.170. The van der Waals surface area contributed by atoms with Crippen LogP contribution in [0.3, 0.4) is 0 Å². The molecule has 2 aliphatic rings. The fourth-order valence-electron chi connectivity index (χ4n) is 4.83. The zero-order valence-corrected chi connectivity index (χ0v) is 20.0. The average molecular weight is 486 g/mol. The normalized spacial score (nSPS) is 16.5. The molecule has 0 atom stereocenters. The summed E-state index contributed by atoms with van der Waals surface area (Å²) in [6.07, 6.45) is 11.3. The molecule has 33 heavy (non-hydrogen) atoms. The molecule has 0 radical (unpaired) electrons. The summed E-state index contributed by atoms with van der Waals surface area (Å²) in [6, 6.07) is 4.02. The highest BCUT2D eigenvalue weighted by Gasteiger charge is 2.27. The fourth-order valence-corrected chi connectivity index (χ4v) is 6.94. The number of carbonyl (C=O) groups is 2. The van der Waals surface area contributed by atoms with Crippen LogP contribution < -0.4 is 11.1 Å². The maximum atomic E-state index is 12.8. The van der Waals surface area contributed by atoms with Crippen molar-refractivity contribution in [3.05, 3.63) is 34.4 Å². The lowest BCUT2D eigenvalue weighted by Crippen LogP contribution is -2.20. The number of aryl methyl sites for hydroxylation is 1. The number of thioether (sulfide) groups is 1. The van der Waals surface area contributed by atoms with Gasteiger partial charge in [0.15, 0.2) is 10.9 Å². The van der Waals surface area contributed by atoms with Crippen LogP contribution in [0.4, 0.5) is 5.00 Å². The van der Waals surface area contributed by atoms with Gasteiger partial charge in [-0.05, 0) is 56.2 Å². The van der Waals surface area contributed by atoms with E-state index in [1.807, 2.05) is 12.1 Å². The van der Waals surface area contributed by atoms with E-state index in [0.29, 0.717) is 33.3 Å². The van der Waals surface area contributed by atoms with Crippen molar-refractivity contribution in [3.63, 3.8) is 0 Å². The van der Waals surface area contributed by atoms with E-state index < -0.39 is 5.91 Å². The van der Waals surface area contributed by atoms with Crippen LogP contribution in [0.2, 0.25) is 0 Å². The number of hydrogen-bond acceptors (Lipinski definition) is 7. The zero-order valence-electron chi connectivity index (χ0n) is 18.3. The lowest BCUT2D eigenvalue weighted by atomic mass is 9.95. The highest BCUT2D eigenvalue weighted by molar-refractivity contribution is 7.99. The lowest BCUT2D eigenvalue weighted by molar-refractivity contribution is -0.113. The second-order valence-electron chi connectivity index (χ2n) is 8.56. The zero-order chi connectivity index (χ0) is 22.8. The Labute approximate surface area is 200 Å². The molecule has 2 aliphatic carbocycles. The molecule has 3 aromatic rings. The number of thiophene rings is 1. The van der Waals surface area contributed by atoms with Gasteiger partial charge in [0.25, 0.3) is 5.91 Å². The first-order chi connectivity index (χ1) is 16.1. The molecule has 0 aromatic carbocycles. The molecule has 0 spiro atoms. The number of nitrogens with zero attached hydrogens (tertiary/aromatic N) is 3. The summed E-state index contributed by atoms with van der Waals surface area (Å²) in [4.78, 5) is 26.1. The SMILES string of the molecule is NC(=O)c1c(NC(=O)CSc2nnc(-c3ccco3)n2C2CCCCC2)sc2c1CCCC2. The minimum atomic E-state index is -0.475. The largest absolute Gasteiger partial charge is 0.461 e. The van der Waals surface area contributed by atoms with E-state index in [1.54, 1.807) is 6.26 Å². The number of rotatable bonds is 7. The third-order valence-electron chi connectivity index (χ3n) is 6.35. The monoisotopic (exact) mass is 485 g/mol. The number of hydrogen-bond donors (Lipinski definition) is 2. The Morgan fingerprint density at radius 3 is 2.76 bits per heavy atom. The van der Waals surface area contributed by atoms with E-state index in [4.69, 9.17) is 10.2 Å². The molecule has 1 saturated carbocycles. The smallest absolute Gasteiger partial charge is 0.251 e. The molecule has 1 fully saturated rings. The molecule has 174 valence electrons. The van der Waals surface area contributed by atoms with Crippen molar-refractivity contribution in [2.24, 2.45) is 5.73 Å². The number of fused-ring (bicyclic) bond motifs is 1. The fraction of sp³-hybridized carbons (Fsp3) is 0.478. The molecule has 3 aromatic heterocycles. The van der Waals surface area contributed by atoms with E-state index >= 15 is 0 Å². The van der Waals surface area contributed by atoms with Crippen LogP contribution >= 0.6 is 23.1 Å². The van der Waals surface area contributed by atoms with Gasteiger partial charge in [0, 0.05) is 10.9 Å². The van der Waals surface area contributed by atoms with Gasteiger partial charge in [-0.3, -0.25) is 14.2 Å². The van der Waals surface area contributed by atoms with Crippen molar-refractivity contribution in [2.75, 3.05) is 11.1 Å². The number of amides is 2. The maximum Gasteiger partial charge on any atom is 0.251 e. The second-order valence-corrected chi connectivity index (χ2v) is 10.6. The van der Waals surface area contributed by atoms with Gasteiger partial charge in [-0.1, -0.05) is 31.0 Å². The van der Waals surface area contributed by atoms with Crippen molar-refractivity contribution < 1.29 is 14.0 Å². The number of carbonyl (C=O) groups excluding carboxylic acids is 2. The predicted octanol–water partition coefficient (Wildman–Crippen LogP) is 4.81. The number of anilines is 1. The van der Waals surface area contributed by atoms with Crippen LogP contribution in [0.25, 0.3) is 11.6 Å². The third kappa shape index (κ3) is 4.59. The average Bonchev–Trinajstić information content (AvgIpc) is 3.55. The summed E-state index contributed by atoms with van der Waals surface area (Å²) in [7, 11) is 0. The minimum Gasteiger partial charge on any atom is -0.461 e. The number of aromatic nitrogens is 3. The van der Waals surface area contributed by atoms with Crippen LogP contribution in [0.5, 0.6) is 0 Å². The lowest BCUT2D eigenvalue weighted by Gasteiger charge is -2.25. The van der Waals surface area contributed by atoms with Crippen LogP contribution in [0.15, 0.2) is 28.0 Å². The van der Waals surface area contributed by atoms with Crippen LogP contribution in [-0.4, -0.2) is 32.3 Å². The number of primary amides is 1. The molecule has 2 amide bonds. The Bertz CT molecular complexity index is 1150. The van der Waals surface area contributed by atoms with Crippen molar-refractivity contribution in [3.8, 4) is 11.6 Å². The molecular formula is C23H27N5O3S2. The van der Waals surface area contributed by atoms with Gasteiger partial charge in [-0.2, -0.15) is 0 Å². The number of furan rings is 1. The molecule has 0 bridgehead atoms. The first kappa shape index (κ1) is 22.2. The Balaban J connectivity index is 1.33. The maximum absolute atomic E-state index is 12.8. The molecule has 5 rings (SSSR count). The topological polar surface area (TPSA) is 116 Å². The summed E-state index contributed by atoms with van der Waals surface area (Å²) in [5, 5.41) is 13.0. The summed E-state index contributed by atoms with van der Waals surface area (Å²) in [6.45, 7) is 0. The van der Waals surface area contributed by atoms with E-state index in [0.717, 1.165) is 49.0 Å².